The van der Waals surface area contributed by atoms with Gasteiger partial charge in [0.1, 0.15) is 0 Å². The summed E-state index contributed by atoms with van der Waals surface area (Å²) in [5.74, 6) is 1.01. The van der Waals surface area contributed by atoms with Gasteiger partial charge in [-0.2, -0.15) is 0 Å². The van der Waals surface area contributed by atoms with Crippen molar-refractivity contribution in [3.63, 3.8) is 0 Å². The first-order valence-corrected chi connectivity index (χ1v) is 8.60. The summed E-state index contributed by atoms with van der Waals surface area (Å²) in [4.78, 5) is 8.41. The summed E-state index contributed by atoms with van der Waals surface area (Å²) in [5.41, 5.74) is 0. The Kier molecular flexibility index (Phi) is 3.55. The van der Waals surface area contributed by atoms with Gasteiger partial charge in [-0.1, -0.05) is 6.42 Å². The summed E-state index contributed by atoms with van der Waals surface area (Å²) >= 11 is 0. The van der Waals surface area contributed by atoms with Crippen molar-refractivity contribution in [3.05, 3.63) is 0 Å². The lowest BCUT2D eigenvalue weighted by atomic mass is 9.83. The normalized spacial score (nSPS) is 44.8. The fourth-order valence-electron chi connectivity index (χ4n) is 5.05. The monoisotopic (exact) mass is 263 g/mol. The van der Waals surface area contributed by atoms with Crippen LogP contribution in [-0.4, -0.2) is 72.6 Å². The second kappa shape index (κ2) is 5.34. The Morgan fingerprint density at radius 2 is 1.42 bits per heavy atom. The highest BCUT2D eigenvalue weighted by atomic mass is 15.3. The number of piperidine rings is 4. The van der Waals surface area contributed by atoms with E-state index in [2.05, 4.69) is 14.7 Å². The lowest BCUT2D eigenvalue weighted by Crippen LogP contribution is -2.58. The molecule has 5 rings (SSSR count). The standard InChI is InChI=1S/C16H29N3/c1-2-7-18-8-3-9-19(12-15(18)4-1)16-13-17-10-5-14(16)6-11-17/h14-16H,1-13H2. The molecule has 3 nitrogen and oxygen atoms in total. The van der Waals surface area contributed by atoms with Crippen molar-refractivity contribution in [2.24, 2.45) is 5.92 Å². The summed E-state index contributed by atoms with van der Waals surface area (Å²) in [6.45, 7) is 9.60. The zero-order chi connectivity index (χ0) is 12.7. The Balaban J connectivity index is 1.45. The van der Waals surface area contributed by atoms with Crippen LogP contribution in [-0.2, 0) is 0 Å². The molecule has 0 aromatic heterocycles. The lowest BCUT2D eigenvalue weighted by Gasteiger charge is -2.49. The van der Waals surface area contributed by atoms with Gasteiger partial charge in [0.15, 0.2) is 0 Å². The molecule has 2 atom stereocenters. The molecule has 2 unspecified atom stereocenters. The van der Waals surface area contributed by atoms with Gasteiger partial charge in [0.05, 0.1) is 0 Å². The molecule has 0 radical (unpaired) electrons. The van der Waals surface area contributed by atoms with Gasteiger partial charge in [-0.3, -0.25) is 9.80 Å². The first-order chi connectivity index (χ1) is 9.40. The van der Waals surface area contributed by atoms with E-state index < -0.39 is 0 Å². The van der Waals surface area contributed by atoms with Crippen LogP contribution in [0.2, 0.25) is 0 Å². The predicted molar refractivity (Wildman–Crippen MR) is 78.4 cm³/mol. The van der Waals surface area contributed by atoms with Gasteiger partial charge in [-0.25, -0.2) is 0 Å². The van der Waals surface area contributed by atoms with E-state index in [0.29, 0.717) is 0 Å². The molecule has 5 fully saturated rings. The third-order valence-electron chi connectivity index (χ3n) is 6.18. The minimum absolute atomic E-state index is 0.881. The molecule has 5 saturated heterocycles. The SMILES string of the molecule is C1CCN2CCCN(C3CN4CCC3CC4)CC2C1. The summed E-state index contributed by atoms with van der Waals surface area (Å²) in [6.07, 6.45) is 8.70. The van der Waals surface area contributed by atoms with Crippen molar-refractivity contribution >= 4 is 0 Å². The fraction of sp³-hybridized carbons (Fsp3) is 1.00. The average Bonchev–Trinajstić information content (AvgIpc) is 2.70. The third kappa shape index (κ3) is 2.45. The van der Waals surface area contributed by atoms with Gasteiger partial charge < -0.3 is 4.90 Å². The Labute approximate surface area is 117 Å². The highest BCUT2D eigenvalue weighted by Gasteiger charge is 2.39. The average molecular weight is 263 g/mol. The molecule has 0 aromatic rings. The fourth-order valence-corrected chi connectivity index (χ4v) is 5.05. The summed E-state index contributed by atoms with van der Waals surface area (Å²) in [5, 5.41) is 0. The van der Waals surface area contributed by atoms with Crippen molar-refractivity contribution < 1.29 is 0 Å². The van der Waals surface area contributed by atoms with Gasteiger partial charge >= 0.3 is 0 Å². The van der Waals surface area contributed by atoms with Crippen molar-refractivity contribution in [2.45, 2.75) is 50.6 Å². The Morgan fingerprint density at radius 3 is 2.21 bits per heavy atom. The molecule has 0 spiro atoms. The lowest BCUT2D eigenvalue weighted by molar-refractivity contribution is -0.000734. The van der Waals surface area contributed by atoms with Crippen molar-refractivity contribution in [1.29, 1.82) is 0 Å². The number of fused-ring (bicyclic) bond motifs is 4. The molecule has 19 heavy (non-hydrogen) atoms. The summed E-state index contributed by atoms with van der Waals surface area (Å²) in [7, 11) is 0. The van der Waals surface area contributed by atoms with E-state index >= 15 is 0 Å². The van der Waals surface area contributed by atoms with Crippen LogP contribution in [0, 0.1) is 5.92 Å². The van der Waals surface area contributed by atoms with E-state index in [9.17, 15) is 0 Å². The number of nitrogens with zero attached hydrogens (tertiary/aromatic N) is 3. The molecule has 0 aliphatic carbocycles. The van der Waals surface area contributed by atoms with Crippen molar-refractivity contribution in [1.82, 2.24) is 14.7 Å². The van der Waals surface area contributed by atoms with Gasteiger partial charge in [0.2, 0.25) is 0 Å². The topological polar surface area (TPSA) is 9.72 Å². The van der Waals surface area contributed by atoms with Crippen molar-refractivity contribution in [2.75, 3.05) is 45.8 Å². The smallest absolute Gasteiger partial charge is 0.0253 e. The summed E-state index contributed by atoms with van der Waals surface area (Å²) in [6, 6.07) is 1.77. The Bertz CT molecular complexity index is 311. The van der Waals surface area contributed by atoms with Crippen LogP contribution in [0.25, 0.3) is 0 Å². The van der Waals surface area contributed by atoms with E-state index in [1.165, 1.54) is 84.3 Å². The molecule has 5 aliphatic heterocycles. The summed E-state index contributed by atoms with van der Waals surface area (Å²) < 4.78 is 0. The Hall–Kier alpha value is -0.120. The van der Waals surface area contributed by atoms with E-state index in [1.807, 2.05) is 0 Å². The van der Waals surface area contributed by atoms with Crippen LogP contribution in [0.3, 0.4) is 0 Å². The molecule has 108 valence electrons. The molecule has 2 bridgehead atoms. The predicted octanol–water partition coefficient (Wildman–Crippen LogP) is 1.64. The molecule has 5 heterocycles. The Morgan fingerprint density at radius 1 is 0.632 bits per heavy atom. The van der Waals surface area contributed by atoms with Crippen LogP contribution in [0.15, 0.2) is 0 Å². The van der Waals surface area contributed by atoms with Crippen LogP contribution in [0.1, 0.15) is 38.5 Å². The number of hydrogen-bond acceptors (Lipinski definition) is 3. The number of hydrogen-bond donors (Lipinski definition) is 0. The molecule has 5 aliphatic rings. The molecule has 0 aromatic carbocycles. The maximum Gasteiger partial charge on any atom is 0.0253 e. The third-order valence-corrected chi connectivity index (χ3v) is 6.18. The highest BCUT2D eigenvalue weighted by Crippen LogP contribution is 2.32. The maximum atomic E-state index is 2.89. The minimum atomic E-state index is 0.881. The molecular formula is C16H29N3. The van der Waals surface area contributed by atoms with Crippen LogP contribution < -0.4 is 0 Å². The van der Waals surface area contributed by atoms with E-state index in [1.54, 1.807) is 0 Å². The van der Waals surface area contributed by atoms with Gasteiger partial charge in [0.25, 0.3) is 0 Å². The molecule has 3 heteroatoms. The largest absolute Gasteiger partial charge is 0.302 e. The van der Waals surface area contributed by atoms with Gasteiger partial charge in [-0.05, 0) is 70.7 Å². The van der Waals surface area contributed by atoms with Crippen molar-refractivity contribution in [3.8, 4) is 0 Å². The van der Waals surface area contributed by atoms with E-state index in [0.717, 1.165) is 18.0 Å². The minimum Gasteiger partial charge on any atom is -0.302 e. The second-order valence-corrected chi connectivity index (χ2v) is 7.24. The highest BCUT2D eigenvalue weighted by molar-refractivity contribution is 4.95. The van der Waals surface area contributed by atoms with Crippen LogP contribution >= 0.6 is 0 Å². The zero-order valence-electron chi connectivity index (χ0n) is 12.3. The quantitative estimate of drug-likeness (QED) is 0.712. The first kappa shape index (κ1) is 12.6. The van der Waals surface area contributed by atoms with Crippen LogP contribution in [0.4, 0.5) is 0 Å². The second-order valence-electron chi connectivity index (χ2n) is 7.24. The first-order valence-electron chi connectivity index (χ1n) is 8.60. The number of rotatable bonds is 1. The maximum absolute atomic E-state index is 2.89. The van der Waals surface area contributed by atoms with E-state index in [4.69, 9.17) is 0 Å². The van der Waals surface area contributed by atoms with Gasteiger partial charge in [0, 0.05) is 25.2 Å². The molecular weight excluding hydrogens is 234 g/mol. The van der Waals surface area contributed by atoms with Crippen LogP contribution in [0.5, 0.6) is 0 Å². The zero-order valence-corrected chi connectivity index (χ0v) is 12.3. The van der Waals surface area contributed by atoms with E-state index in [-0.39, 0.29) is 0 Å². The molecule has 0 amide bonds. The molecule has 0 N–H and O–H groups in total. The molecule has 0 saturated carbocycles. The van der Waals surface area contributed by atoms with Gasteiger partial charge in [-0.15, -0.1) is 0 Å².